The summed E-state index contributed by atoms with van der Waals surface area (Å²) in [5, 5.41) is 4.78. The van der Waals surface area contributed by atoms with Crippen LogP contribution in [0.15, 0.2) is 72.8 Å². The van der Waals surface area contributed by atoms with Crippen molar-refractivity contribution >= 4 is 17.5 Å². The standard InChI is InChI=1S/C31H27F4N3O2/c1-4-37-29-27(19(3)36-38(29)24-10-5-7-18(2)15-24)28(20-11-13-23(32)14-12-20)25(30(37)40)17-26(39)21-8-6-9-22(16-21)31(33,34)35/h5-16,25,28H,4,17H2,1-3H3/t25-,28+/m0/s1. The number of benzene rings is 3. The minimum Gasteiger partial charge on any atom is -0.296 e. The molecule has 0 bridgehead atoms. The second-order valence-corrected chi connectivity index (χ2v) is 10.00. The average Bonchev–Trinajstić information content (AvgIpc) is 3.26. The number of hydrogen-bond acceptors (Lipinski definition) is 3. The minimum atomic E-state index is -4.61. The van der Waals surface area contributed by atoms with E-state index in [1.54, 1.807) is 21.7 Å². The zero-order valence-corrected chi connectivity index (χ0v) is 22.2. The molecule has 2 atom stereocenters. The number of anilines is 1. The summed E-state index contributed by atoms with van der Waals surface area (Å²) < 4.78 is 55.6. The van der Waals surface area contributed by atoms with Gasteiger partial charge in [0.05, 0.1) is 22.9 Å². The average molecular weight is 550 g/mol. The van der Waals surface area contributed by atoms with Gasteiger partial charge in [-0.25, -0.2) is 9.07 Å². The maximum absolute atomic E-state index is 14.1. The van der Waals surface area contributed by atoms with E-state index in [1.807, 2.05) is 45.0 Å². The normalized spacial score (nSPS) is 17.2. The highest BCUT2D eigenvalue weighted by Crippen LogP contribution is 2.47. The molecule has 0 saturated heterocycles. The van der Waals surface area contributed by atoms with E-state index in [0.717, 1.165) is 28.9 Å². The molecule has 0 fully saturated rings. The number of fused-ring (bicyclic) bond motifs is 1. The first-order valence-corrected chi connectivity index (χ1v) is 12.9. The third-order valence-electron chi connectivity index (χ3n) is 7.34. The number of aromatic nitrogens is 2. The van der Waals surface area contributed by atoms with Crippen molar-refractivity contribution in [3.63, 3.8) is 0 Å². The third kappa shape index (κ3) is 4.92. The lowest BCUT2D eigenvalue weighted by Crippen LogP contribution is -2.45. The van der Waals surface area contributed by atoms with Gasteiger partial charge in [0.25, 0.3) is 0 Å². The molecule has 3 aromatic carbocycles. The van der Waals surface area contributed by atoms with Gasteiger partial charge in [0.1, 0.15) is 11.6 Å². The van der Waals surface area contributed by atoms with Gasteiger partial charge >= 0.3 is 6.18 Å². The molecule has 1 aliphatic rings. The van der Waals surface area contributed by atoms with Gasteiger partial charge in [-0.3, -0.25) is 14.5 Å². The molecular weight excluding hydrogens is 522 g/mol. The van der Waals surface area contributed by atoms with E-state index < -0.39 is 35.2 Å². The lowest BCUT2D eigenvalue weighted by molar-refractivity contribution is -0.137. The number of nitrogens with zero attached hydrogens (tertiary/aromatic N) is 3. The summed E-state index contributed by atoms with van der Waals surface area (Å²) in [6.07, 6.45) is -4.93. The molecule has 1 aromatic heterocycles. The molecule has 9 heteroatoms. The Kier molecular flexibility index (Phi) is 7.08. The number of rotatable bonds is 6. The van der Waals surface area contributed by atoms with Crippen molar-refractivity contribution in [2.24, 2.45) is 5.92 Å². The molecule has 40 heavy (non-hydrogen) atoms. The van der Waals surface area contributed by atoms with Crippen molar-refractivity contribution in [2.45, 2.75) is 39.3 Å². The number of halogens is 4. The van der Waals surface area contributed by atoms with Gasteiger partial charge in [-0.05, 0) is 68.3 Å². The predicted octanol–water partition coefficient (Wildman–Crippen LogP) is 7.03. The lowest BCUT2D eigenvalue weighted by atomic mass is 9.74. The number of amides is 1. The number of alkyl halides is 3. The first-order chi connectivity index (χ1) is 19.0. The summed E-state index contributed by atoms with van der Waals surface area (Å²) in [6.45, 7) is 5.87. The highest BCUT2D eigenvalue weighted by molar-refractivity contribution is 6.04. The Morgan fingerprint density at radius 3 is 2.33 bits per heavy atom. The van der Waals surface area contributed by atoms with Crippen LogP contribution >= 0.6 is 0 Å². The van der Waals surface area contributed by atoms with Crippen molar-refractivity contribution in [3.8, 4) is 5.69 Å². The molecule has 2 heterocycles. The summed E-state index contributed by atoms with van der Waals surface area (Å²) >= 11 is 0. The molecule has 0 unspecified atom stereocenters. The number of aryl methyl sites for hydroxylation is 2. The van der Waals surface area contributed by atoms with Gasteiger partial charge in [-0.2, -0.15) is 18.3 Å². The van der Waals surface area contributed by atoms with Crippen LogP contribution in [-0.4, -0.2) is 28.0 Å². The number of ketones is 1. The molecule has 1 aliphatic heterocycles. The smallest absolute Gasteiger partial charge is 0.296 e. The van der Waals surface area contributed by atoms with Crippen LogP contribution in [-0.2, 0) is 11.0 Å². The molecule has 0 radical (unpaired) electrons. The Balaban J connectivity index is 1.66. The van der Waals surface area contributed by atoms with Gasteiger partial charge < -0.3 is 0 Å². The summed E-state index contributed by atoms with van der Waals surface area (Å²) in [7, 11) is 0. The molecule has 0 saturated carbocycles. The maximum atomic E-state index is 14.1. The van der Waals surface area contributed by atoms with Crippen molar-refractivity contribution in [1.29, 1.82) is 0 Å². The van der Waals surface area contributed by atoms with E-state index >= 15 is 0 Å². The second-order valence-electron chi connectivity index (χ2n) is 10.00. The lowest BCUT2D eigenvalue weighted by Gasteiger charge is -2.38. The molecular formula is C31H27F4N3O2. The Labute approximate surface area is 229 Å². The van der Waals surface area contributed by atoms with Crippen LogP contribution in [0.25, 0.3) is 5.69 Å². The Morgan fingerprint density at radius 1 is 0.975 bits per heavy atom. The first kappa shape index (κ1) is 27.3. The SMILES string of the molecule is CCN1C(=O)[C@@H](CC(=O)c2cccc(C(F)(F)F)c2)[C@@H](c2ccc(F)cc2)c2c(C)nn(-c3cccc(C)c3)c21. The van der Waals surface area contributed by atoms with Crippen molar-refractivity contribution < 1.29 is 27.2 Å². The Morgan fingerprint density at radius 2 is 1.68 bits per heavy atom. The van der Waals surface area contributed by atoms with E-state index in [-0.39, 0.29) is 24.4 Å². The van der Waals surface area contributed by atoms with Crippen molar-refractivity contribution in [1.82, 2.24) is 9.78 Å². The van der Waals surface area contributed by atoms with Crippen LogP contribution in [0.5, 0.6) is 0 Å². The van der Waals surface area contributed by atoms with Crippen LogP contribution in [0, 0.1) is 25.6 Å². The fourth-order valence-corrected chi connectivity index (χ4v) is 5.51. The van der Waals surface area contributed by atoms with Crippen LogP contribution in [0.1, 0.15) is 57.6 Å². The fourth-order valence-electron chi connectivity index (χ4n) is 5.51. The van der Waals surface area contributed by atoms with Crippen molar-refractivity contribution in [2.75, 3.05) is 11.4 Å². The summed E-state index contributed by atoms with van der Waals surface area (Å²) in [6, 6.07) is 17.6. The summed E-state index contributed by atoms with van der Waals surface area (Å²) in [5.74, 6) is -2.43. The predicted molar refractivity (Wildman–Crippen MR) is 143 cm³/mol. The fraction of sp³-hybridized carbons (Fsp3) is 0.258. The van der Waals surface area contributed by atoms with Crippen LogP contribution in [0.4, 0.5) is 23.4 Å². The largest absolute Gasteiger partial charge is 0.416 e. The topological polar surface area (TPSA) is 55.2 Å². The quantitative estimate of drug-likeness (QED) is 0.192. The van der Waals surface area contributed by atoms with Gasteiger partial charge in [0.2, 0.25) is 5.91 Å². The number of carbonyl (C=O) groups excluding carboxylic acids is 2. The summed E-state index contributed by atoms with van der Waals surface area (Å²) in [4.78, 5) is 29.1. The molecule has 5 nitrogen and oxygen atoms in total. The molecule has 1 amide bonds. The van der Waals surface area contributed by atoms with E-state index in [0.29, 0.717) is 17.1 Å². The van der Waals surface area contributed by atoms with Crippen LogP contribution in [0.2, 0.25) is 0 Å². The molecule has 5 rings (SSSR count). The molecule has 206 valence electrons. The molecule has 0 spiro atoms. The first-order valence-electron chi connectivity index (χ1n) is 12.9. The zero-order chi connectivity index (χ0) is 28.8. The third-order valence-corrected chi connectivity index (χ3v) is 7.34. The zero-order valence-electron chi connectivity index (χ0n) is 22.2. The second kappa shape index (κ2) is 10.4. The molecule has 0 aliphatic carbocycles. The highest BCUT2D eigenvalue weighted by atomic mass is 19.4. The summed E-state index contributed by atoms with van der Waals surface area (Å²) in [5.41, 5.74) is 2.67. The van der Waals surface area contributed by atoms with Gasteiger partial charge in [-0.1, -0.05) is 36.4 Å². The number of hydrogen-bond donors (Lipinski definition) is 0. The Hall–Kier alpha value is -4.27. The van der Waals surface area contributed by atoms with Crippen LogP contribution < -0.4 is 4.90 Å². The maximum Gasteiger partial charge on any atom is 0.416 e. The number of Topliss-reactive ketones (excluding diaryl/α,β-unsaturated/α-hetero) is 1. The molecule has 0 N–H and O–H groups in total. The highest BCUT2D eigenvalue weighted by Gasteiger charge is 2.45. The number of carbonyl (C=O) groups is 2. The van der Waals surface area contributed by atoms with Gasteiger partial charge in [0, 0.05) is 30.0 Å². The van der Waals surface area contributed by atoms with Crippen molar-refractivity contribution in [3.05, 3.63) is 112 Å². The van der Waals surface area contributed by atoms with E-state index in [1.165, 1.54) is 24.3 Å². The Bertz CT molecular complexity index is 1590. The minimum absolute atomic E-state index is 0.124. The van der Waals surface area contributed by atoms with Gasteiger partial charge in [0.15, 0.2) is 5.78 Å². The van der Waals surface area contributed by atoms with E-state index in [2.05, 4.69) is 0 Å². The van der Waals surface area contributed by atoms with Gasteiger partial charge in [-0.15, -0.1) is 0 Å². The monoisotopic (exact) mass is 549 g/mol. The van der Waals surface area contributed by atoms with E-state index in [4.69, 9.17) is 5.10 Å². The van der Waals surface area contributed by atoms with E-state index in [9.17, 15) is 27.2 Å². The molecule has 4 aromatic rings. The van der Waals surface area contributed by atoms with Crippen LogP contribution in [0.3, 0.4) is 0 Å².